The van der Waals surface area contributed by atoms with Crippen LogP contribution in [0.4, 0.5) is 0 Å². The average molecular weight is 540 g/mol. The second kappa shape index (κ2) is 14.2. The number of aryl methyl sites for hydroxylation is 1. The van der Waals surface area contributed by atoms with E-state index in [9.17, 15) is 20.4 Å². The van der Waals surface area contributed by atoms with Gasteiger partial charge in [0.2, 0.25) is 12.2 Å². The van der Waals surface area contributed by atoms with Gasteiger partial charge in [-0.1, -0.05) is 19.9 Å². The third-order valence-corrected chi connectivity index (χ3v) is 6.66. The highest BCUT2D eigenvalue weighted by atomic mass is 16.7. The summed E-state index contributed by atoms with van der Waals surface area (Å²) >= 11 is 0. The number of nitrogens with one attached hydrogen (secondary N) is 2. The van der Waals surface area contributed by atoms with Crippen molar-refractivity contribution in [2.75, 3.05) is 33.0 Å². The molecule has 0 unspecified atom stereocenters. The standard InChI is InChI=1S/C26H41N3O9/c1-14(2)21-19(25(29-28-21)38-26-24(35)23(34)22(33)20(13-32)37-26)10-16-5-6-18(9-15(16)3)36-8-4-7-27-17(11-30)12-31/h5-6,9,14,17,20,22-24,26-27,30-35H,4,7-8,10-13H2,1-3H3,(H,28,29)/t20-,22-,23+,24-,26+/m1/s1. The molecule has 1 saturated heterocycles. The minimum Gasteiger partial charge on any atom is -0.494 e. The third-order valence-electron chi connectivity index (χ3n) is 6.66. The molecule has 8 N–H and O–H groups in total. The number of benzene rings is 1. The maximum Gasteiger partial charge on any atom is 0.238 e. The number of rotatable bonds is 14. The largest absolute Gasteiger partial charge is 0.494 e. The Kier molecular flexibility index (Phi) is 11.3. The lowest BCUT2D eigenvalue weighted by atomic mass is 9.96. The quantitative estimate of drug-likeness (QED) is 0.142. The number of H-pyrrole nitrogens is 1. The summed E-state index contributed by atoms with van der Waals surface area (Å²) in [6.07, 6.45) is -5.79. The molecule has 1 aromatic carbocycles. The Morgan fingerprint density at radius 1 is 1.08 bits per heavy atom. The van der Waals surface area contributed by atoms with Crippen molar-refractivity contribution in [1.29, 1.82) is 0 Å². The number of aromatic nitrogens is 2. The predicted octanol–water partition coefficient (Wildman–Crippen LogP) is -0.677. The van der Waals surface area contributed by atoms with E-state index in [0.29, 0.717) is 26.0 Å². The number of hydrogen-bond donors (Lipinski definition) is 8. The van der Waals surface area contributed by atoms with Crippen molar-refractivity contribution >= 4 is 0 Å². The second-order valence-electron chi connectivity index (χ2n) is 9.87. The van der Waals surface area contributed by atoms with E-state index >= 15 is 0 Å². The summed E-state index contributed by atoms with van der Waals surface area (Å²) in [5.74, 6) is 1.02. The molecule has 1 aromatic heterocycles. The van der Waals surface area contributed by atoms with Crippen LogP contribution >= 0.6 is 0 Å². The zero-order valence-corrected chi connectivity index (χ0v) is 22.1. The molecule has 2 heterocycles. The smallest absolute Gasteiger partial charge is 0.238 e. The Morgan fingerprint density at radius 2 is 1.82 bits per heavy atom. The Labute approximate surface area is 222 Å². The van der Waals surface area contributed by atoms with E-state index in [4.69, 9.17) is 24.4 Å². The van der Waals surface area contributed by atoms with E-state index in [1.165, 1.54) is 0 Å². The molecule has 5 atom stereocenters. The van der Waals surface area contributed by atoms with E-state index < -0.39 is 37.3 Å². The van der Waals surface area contributed by atoms with E-state index in [1.807, 2.05) is 39.0 Å². The van der Waals surface area contributed by atoms with Gasteiger partial charge in [0.25, 0.3) is 0 Å². The molecular formula is C26H41N3O9. The molecule has 12 nitrogen and oxygen atoms in total. The number of ether oxygens (including phenoxy) is 3. The molecule has 0 amide bonds. The van der Waals surface area contributed by atoms with Crippen molar-refractivity contribution in [3.8, 4) is 11.6 Å². The second-order valence-corrected chi connectivity index (χ2v) is 9.87. The van der Waals surface area contributed by atoms with Crippen LogP contribution in [0.2, 0.25) is 0 Å². The molecule has 0 aliphatic carbocycles. The molecule has 2 aromatic rings. The molecule has 3 rings (SSSR count). The van der Waals surface area contributed by atoms with Gasteiger partial charge in [0.05, 0.1) is 32.5 Å². The van der Waals surface area contributed by atoms with Gasteiger partial charge >= 0.3 is 0 Å². The molecule has 38 heavy (non-hydrogen) atoms. The first-order chi connectivity index (χ1) is 18.2. The molecule has 0 saturated carbocycles. The van der Waals surface area contributed by atoms with Crippen LogP contribution in [0, 0.1) is 6.92 Å². The molecule has 1 aliphatic rings. The van der Waals surface area contributed by atoms with Gasteiger partial charge in [-0.05, 0) is 49.1 Å². The van der Waals surface area contributed by atoms with Crippen LogP contribution in [-0.4, -0.2) is 111 Å². The van der Waals surface area contributed by atoms with Crippen molar-refractivity contribution in [2.24, 2.45) is 0 Å². The Bertz CT molecular complexity index is 996. The van der Waals surface area contributed by atoms with Gasteiger partial charge < -0.3 is 50.2 Å². The number of hydrogen-bond acceptors (Lipinski definition) is 11. The fraction of sp³-hybridized carbons (Fsp3) is 0.654. The van der Waals surface area contributed by atoms with Crippen LogP contribution in [0.15, 0.2) is 18.2 Å². The van der Waals surface area contributed by atoms with E-state index in [2.05, 4.69) is 15.5 Å². The summed E-state index contributed by atoms with van der Waals surface area (Å²) in [6.45, 7) is 6.29. The van der Waals surface area contributed by atoms with Gasteiger partial charge in [0.15, 0.2) is 0 Å². The molecule has 0 bridgehead atoms. The summed E-state index contributed by atoms with van der Waals surface area (Å²) in [4.78, 5) is 0. The van der Waals surface area contributed by atoms with Gasteiger partial charge in [-0.3, -0.25) is 5.10 Å². The van der Waals surface area contributed by atoms with Crippen LogP contribution in [0.5, 0.6) is 11.6 Å². The molecule has 1 fully saturated rings. The van der Waals surface area contributed by atoms with E-state index in [0.717, 1.165) is 28.1 Å². The van der Waals surface area contributed by atoms with Crippen LogP contribution in [0.1, 0.15) is 48.6 Å². The maximum atomic E-state index is 10.4. The summed E-state index contributed by atoms with van der Waals surface area (Å²) in [5, 5.41) is 68.5. The van der Waals surface area contributed by atoms with Crippen molar-refractivity contribution in [3.05, 3.63) is 40.6 Å². The summed E-state index contributed by atoms with van der Waals surface area (Å²) in [5.41, 5.74) is 3.62. The first-order valence-electron chi connectivity index (χ1n) is 12.9. The van der Waals surface area contributed by atoms with Crippen LogP contribution < -0.4 is 14.8 Å². The number of aliphatic hydroxyl groups excluding tert-OH is 6. The minimum absolute atomic E-state index is 0.0948. The van der Waals surface area contributed by atoms with Crippen molar-refractivity contribution < 1.29 is 44.8 Å². The molecule has 0 spiro atoms. The summed E-state index contributed by atoms with van der Waals surface area (Å²) in [7, 11) is 0. The zero-order chi connectivity index (χ0) is 27.8. The molecule has 12 heteroatoms. The Balaban J connectivity index is 1.68. The molecule has 0 radical (unpaired) electrons. The topological polar surface area (TPSA) is 190 Å². The number of aromatic amines is 1. The lowest BCUT2D eigenvalue weighted by molar-refractivity contribution is -0.278. The maximum absolute atomic E-state index is 10.4. The molecular weight excluding hydrogens is 498 g/mol. The lowest BCUT2D eigenvalue weighted by Crippen LogP contribution is -2.60. The Morgan fingerprint density at radius 3 is 2.45 bits per heavy atom. The van der Waals surface area contributed by atoms with Crippen LogP contribution in [-0.2, 0) is 11.2 Å². The van der Waals surface area contributed by atoms with Gasteiger partial charge in [-0.2, -0.15) is 0 Å². The van der Waals surface area contributed by atoms with Gasteiger partial charge in [-0.25, -0.2) is 0 Å². The SMILES string of the molecule is Cc1cc(OCCCNC(CO)CO)ccc1Cc1c(O[C@@H]2O[C@H](CO)[C@@H](O)[C@H](O)[C@H]2O)n[nH]c1C(C)C. The third kappa shape index (κ3) is 7.42. The first kappa shape index (κ1) is 30.3. The van der Waals surface area contributed by atoms with Crippen molar-refractivity contribution in [2.45, 2.75) is 76.3 Å². The van der Waals surface area contributed by atoms with Gasteiger partial charge in [0, 0.05) is 17.7 Å². The minimum atomic E-state index is -1.55. The number of nitrogens with zero attached hydrogens (tertiary/aromatic N) is 1. The highest BCUT2D eigenvalue weighted by Gasteiger charge is 2.45. The average Bonchev–Trinajstić information content (AvgIpc) is 3.30. The fourth-order valence-corrected chi connectivity index (χ4v) is 4.28. The van der Waals surface area contributed by atoms with Crippen LogP contribution in [0.3, 0.4) is 0 Å². The summed E-state index contributed by atoms with van der Waals surface area (Å²) < 4.78 is 17.2. The lowest BCUT2D eigenvalue weighted by Gasteiger charge is -2.39. The highest BCUT2D eigenvalue weighted by Crippen LogP contribution is 2.32. The summed E-state index contributed by atoms with van der Waals surface area (Å²) in [6, 6.07) is 5.46. The normalized spacial score (nSPS) is 23.8. The Hall–Kier alpha value is -2.29. The predicted molar refractivity (Wildman–Crippen MR) is 137 cm³/mol. The number of aliphatic hydroxyl groups is 6. The van der Waals surface area contributed by atoms with Gasteiger partial charge in [0.1, 0.15) is 30.2 Å². The van der Waals surface area contributed by atoms with Crippen molar-refractivity contribution in [3.63, 3.8) is 0 Å². The van der Waals surface area contributed by atoms with E-state index in [1.54, 1.807) is 0 Å². The van der Waals surface area contributed by atoms with Crippen molar-refractivity contribution in [1.82, 2.24) is 15.5 Å². The van der Waals surface area contributed by atoms with Crippen LogP contribution in [0.25, 0.3) is 0 Å². The molecule has 1 aliphatic heterocycles. The molecule has 214 valence electrons. The fourth-order valence-electron chi connectivity index (χ4n) is 4.28. The van der Waals surface area contributed by atoms with E-state index in [-0.39, 0.29) is 31.1 Å². The monoisotopic (exact) mass is 539 g/mol. The van der Waals surface area contributed by atoms with Gasteiger partial charge in [-0.15, -0.1) is 5.10 Å². The first-order valence-corrected chi connectivity index (χ1v) is 12.9. The zero-order valence-electron chi connectivity index (χ0n) is 22.1. The highest BCUT2D eigenvalue weighted by molar-refractivity contribution is 5.42.